The van der Waals surface area contributed by atoms with Gasteiger partial charge in [-0.15, -0.1) is 0 Å². The van der Waals surface area contributed by atoms with Gasteiger partial charge in [0.25, 0.3) is 0 Å². The first-order chi connectivity index (χ1) is 8.85. The van der Waals surface area contributed by atoms with Crippen LogP contribution in [-0.2, 0) is 0 Å². The highest BCUT2D eigenvalue weighted by atomic mass is 19.1. The van der Waals surface area contributed by atoms with Gasteiger partial charge in [0.2, 0.25) is 0 Å². The predicted molar refractivity (Wildman–Crippen MR) is 67.5 cm³/mol. The molecule has 0 aliphatic heterocycles. The molecule has 0 fully saturated rings. The van der Waals surface area contributed by atoms with E-state index in [-0.39, 0.29) is 17.9 Å². The van der Waals surface area contributed by atoms with Crippen LogP contribution in [0.15, 0.2) is 18.2 Å². The largest absolute Gasteiger partial charge is 0.493 e. The van der Waals surface area contributed by atoms with Gasteiger partial charge in [-0.2, -0.15) is 5.26 Å². The van der Waals surface area contributed by atoms with Gasteiger partial charge in [0, 0.05) is 0 Å². The second-order valence-corrected chi connectivity index (χ2v) is 4.89. The van der Waals surface area contributed by atoms with Crippen LogP contribution >= 0.6 is 0 Å². The van der Waals surface area contributed by atoms with Crippen molar-refractivity contribution >= 4 is 5.97 Å². The third-order valence-electron chi connectivity index (χ3n) is 2.68. The van der Waals surface area contributed by atoms with E-state index in [1.807, 2.05) is 13.8 Å². The van der Waals surface area contributed by atoms with E-state index in [1.54, 1.807) is 0 Å². The van der Waals surface area contributed by atoms with E-state index >= 15 is 0 Å². The molecule has 0 radical (unpaired) electrons. The van der Waals surface area contributed by atoms with Crippen LogP contribution in [0.1, 0.15) is 37.0 Å². The molecule has 0 saturated carbocycles. The summed E-state index contributed by atoms with van der Waals surface area (Å²) in [6, 6.07) is 5.56. The number of halogens is 1. The highest BCUT2D eigenvalue weighted by Gasteiger charge is 2.16. The molecule has 0 aliphatic carbocycles. The van der Waals surface area contributed by atoms with Gasteiger partial charge in [0.05, 0.1) is 18.1 Å². The minimum absolute atomic E-state index is 0.142. The molecule has 0 saturated heterocycles. The summed E-state index contributed by atoms with van der Waals surface area (Å²) >= 11 is 0. The van der Waals surface area contributed by atoms with Crippen molar-refractivity contribution in [2.24, 2.45) is 5.41 Å². The fraction of sp³-hybridized carbons (Fsp3) is 0.429. The number of ether oxygens (including phenoxy) is 1. The summed E-state index contributed by atoms with van der Waals surface area (Å²) in [6.07, 6.45) is 1.27. The van der Waals surface area contributed by atoms with E-state index in [4.69, 9.17) is 15.1 Å². The maximum absolute atomic E-state index is 12.9. The number of benzene rings is 1. The SMILES string of the molecule is CC(C)(C#N)CCCOc1ccc(F)cc1C(=O)O. The maximum atomic E-state index is 12.9. The minimum atomic E-state index is -1.23. The van der Waals surface area contributed by atoms with Gasteiger partial charge in [0.1, 0.15) is 17.1 Å². The number of carbonyl (C=O) groups is 1. The average Bonchev–Trinajstić information content (AvgIpc) is 2.36. The molecule has 0 bridgehead atoms. The van der Waals surface area contributed by atoms with E-state index in [0.29, 0.717) is 12.8 Å². The second kappa shape index (κ2) is 6.19. The van der Waals surface area contributed by atoms with Crippen molar-refractivity contribution in [2.45, 2.75) is 26.7 Å². The van der Waals surface area contributed by atoms with Crippen LogP contribution < -0.4 is 4.74 Å². The Morgan fingerprint density at radius 3 is 2.79 bits per heavy atom. The van der Waals surface area contributed by atoms with E-state index in [2.05, 4.69) is 6.07 Å². The van der Waals surface area contributed by atoms with Crippen LogP contribution in [0, 0.1) is 22.6 Å². The molecular weight excluding hydrogens is 249 g/mol. The number of rotatable bonds is 6. The maximum Gasteiger partial charge on any atom is 0.339 e. The van der Waals surface area contributed by atoms with E-state index in [0.717, 1.165) is 12.1 Å². The molecule has 0 aliphatic rings. The average molecular weight is 265 g/mol. The molecule has 5 heteroatoms. The lowest BCUT2D eigenvalue weighted by Crippen LogP contribution is -2.11. The Morgan fingerprint density at radius 1 is 1.53 bits per heavy atom. The first kappa shape index (κ1) is 15.0. The Hall–Kier alpha value is -2.09. The number of nitriles is 1. The Balaban J connectivity index is 2.59. The van der Waals surface area contributed by atoms with E-state index in [9.17, 15) is 9.18 Å². The van der Waals surface area contributed by atoms with Crippen LogP contribution in [0.4, 0.5) is 4.39 Å². The molecule has 1 aromatic carbocycles. The van der Waals surface area contributed by atoms with Crippen molar-refractivity contribution in [1.82, 2.24) is 0 Å². The van der Waals surface area contributed by atoms with Crippen LogP contribution in [0.5, 0.6) is 5.75 Å². The summed E-state index contributed by atoms with van der Waals surface area (Å²) in [5, 5.41) is 17.8. The van der Waals surface area contributed by atoms with Crippen molar-refractivity contribution in [3.63, 3.8) is 0 Å². The fourth-order valence-corrected chi connectivity index (χ4v) is 1.55. The van der Waals surface area contributed by atoms with Crippen molar-refractivity contribution in [1.29, 1.82) is 5.26 Å². The molecule has 102 valence electrons. The normalized spacial score (nSPS) is 10.8. The standard InChI is InChI=1S/C14H16FNO3/c1-14(2,9-16)6-3-7-19-12-5-4-10(15)8-11(12)13(17)18/h4-5,8H,3,6-7H2,1-2H3,(H,17,18). The summed E-state index contributed by atoms with van der Waals surface area (Å²) in [6.45, 7) is 3.94. The molecule has 0 atom stereocenters. The monoisotopic (exact) mass is 265 g/mol. The van der Waals surface area contributed by atoms with Crippen molar-refractivity contribution in [3.05, 3.63) is 29.6 Å². The highest BCUT2D eigenvalue weighted by molar-refractivity contribution is 5.90. The Kier molecular flexibility index (Phi) is 4.87. The molecular formula is C14H16FNO3. The molecule has 0 heterocycles. The van der Waals surface area contributed by atoms with Gasteiger partial charge in [-0.1, -0.05) is 0 Å². The summed E-state index contributed by atoms with van der Waals surface area (Å²) in [7, 11) is 0. The molecule has 0 aromatic heterocycles. The van der Waals surface area contributed by atoms with Gasteiger partial charge in [-0.05, 0) is 44.9 Å². The van der Waals surface area contributed by atoms with E-state index in [1.165, 1.54) is 6.07 Å². The molecule has 4 nitrogen and oxygen atoms in total. The Bertz CT molecular complexity index is 506. The summed E-state index contributed by atoms with van der Waals surface area (Å²) < 4.78 is 18.3. The van der Waals surface area contributed by atoms with Crippen molar-refractivity contribution < 1.29 is 19.0 Å². The molecule has 1 aromatic rings. The van der Waals surface area contributed by atoms with Crippen LogP contribution in [0.25, 0.3) is 0 Å². The van der Waals surface area contributed by atoms with Crippen LogP contribution in [-0.4, -0.2) is 17.7 Å². The molecule has 0 unspecified atom stereocenters. The van der Waals surface area contributed by atoms with Gasteiger partial charge in [-0.3, -0.25) is 0 Å². The zero-order chi connectivity index (χ0) is 14.5. The topological polar surface area (TPSA) is 70.3 Å². The zero-order valence-corrected chi connectivity index (χ0v) is 10.9. The third-order valence-corrected chi connectivity index (χ3v) is 2.68. The zero-order valence-electron chi connectivity index (χ0n) is 10.9. The van der Waals surface area contributed by atoms with Gasteiger partial charge < -0.3 is 9.84 Å². The lowest BCUT2D eigenvalue weighted by Gasteiger charge is -2.15. The number of carboxylic acid groups (broad SMARTS) is 1. The third kappa shape index (κ3) is 4.59. The number of hydrogen-bond donors (Lipinski definition) is 1. The van der Waals surface area contributed by atoms with Crippen LogP contribution in [0.3, 0.4) is 0 Å². The number of nitrogens with zero attached hydrogens (tertiary/aromatic N) is 1. The summed E-state index contributed by atoms with van der Waals surface area (Å²) in [4.78, 5) is 10.9. The Morgan fingerprint density at radius 2 is 2.21 bits per heavy atom. The fourth-order valence-electron chi connectivity index (χ4n) is 1.55. The number of aromatic carboxylic acids is 1. The van der Waals surface area contributed by atoms with Gasteiger partial charge in [0.15, 0.2) is 0 Å². The summed E-state index contributed by atoms with van der Waals surface area (Å²) in [5.74, 6) is -1.70. The highest BCUT2D eigenvalue weighted by Crippen LogP contribution is 2.23. The van der Waals surface area contributed by atoms with Crippen LogP contribution in [0.2, 0.25) is 0 Å². The molecule has 0 spiro atoms. The molecule has 19 heavy (non-hydrogen) atoms. The van der Waals surface area contributed by atoms with Gasteiger partial charge in [-0.25, -0.2) is 9.18 Å². The second-order valence-electron chi connectivity index (χ2n) is 4.89. The Labute approximate surface area is 111 Å². The van der Waals surface area contributed by atoms with Crippen molar-refractivity contribution in [2.75, 3.05) is 6.61 Å². The molecule has 1 N–H and O–H groups in total. The minimum Gasteiger partial charge on any atom is -0.493 e. The first-order valence-corrected chi connectivity index (χ1v) is 5.92. The summed E-state index contributed by atoms with van der Waals surface area (Å²) in [5.41, 5.74) is -0.624. The number of hydrogen-bond acceptors (Lipinski definition) is 3. The van der Waals surface area contributed by atoms with Crippen molar-refractivity contribution in [3.8, 4) is 11.8 Å². The first-order valence-electron chi connectivity index (χ1n) is 5.92. The quantitative estimate of drug-likeness (QED) is 0.801. The predicted octanol–water partition coefficient (Wildman–Crippen LogP) is 3.23. The molecule has 1 rings (SSSR count). The molecule has 0 amide bonds. The smallest absolute Gasteiger partial charge is 0.339 e. The lowest BCUT2D eigenvalue weighted by molar-refractivity contribution is 0.0691. The number of carboxylic acids is 1. The van der Waals surface area contributed by atoms with Gasteiger partial charge >= 0.3 is 5.97 Å². The lowest BCUT2D eigenvalue weighted by atomic mass is 9.90. The van der Waals surface area contributed by atoms with E-state index < -0.39 is 17.2 Å².